The van der Waals surface area contributed by atoms with Gasteiger partial charge in [-0.3, -0.25) is 10.9 Å². The third-order valence-electron chi connectivity index (χ3n) is 1.72. The smallest absolute Gasteiger partial charge is 0.184 e. The van der Waals surface area contributed by atoms with Crippen LogP contribution in [0.4, 0.5) is 0 Å². The van der Waals surface area contributed by atoms with E-state index in [9.17, 15) is 0 Å². The van der Waals surface area contributed by atoms with Crippen molar-refractivity contribution < 1.29 is 0 Å². The highest BCUT2D eigenvalue weighted by atomic mass is 32.1. The molecule has 0 radical (unpaired) electrons. The average Bonchev–Trinajstić information content (AvgIpc) is 2.34. The van der Waals surface area contributed by atoms with Gasteiger partial charge < -0.3 is 11.5 Å². The minimum absolute atomic E-state index is 0.0686. The molecule has 0 unspecified atom stereocenters. The van der Waals surface area contributed by atoms with Crippen LogP contribution in [0.1, 0.15) is 5.56 Å². The number of nitrogens with two attached hydrogens (primary N) is 2. The molecule has 0 aliphatic heterocycles. The predicted molar refractivity (Wildman–Crippen MR) is 81.3 cm³/mol. The van der Waals surface area contributed by atoms with E-state index in [2.05, 4.69) is 45.5 Å². The Morgan fingerprint density at radius 1 is 1.06 bits per heavy atom. The van der Waals surface area contributed by atoms with Gasteiger partial charge in [-0.05, 0) is 24.4 Å². The Balaban J connectivity index is 2.89. The Morgan fingerprint density at radius 3 is 2.22 bits per heavy atom. The Labute approximate surface area is 115 Å². The topological polar surface area (TPSA) is 101 Å². The third-order valence-corrected chi connectivity index (χ3v) is 1.90. The molecule has 0 aliphatic rings. The Hall–Kier alpha value is -2.06. The summed E-state index contributed by atoms with van der Waals surface area (Å²) >= 11 is 9.30. The molecule has 0 saturated heterocycles. The maximum atomic E-state index is 5.31. The quantitative estimate of drug-likeness (QED) is 0.353. The van der Waals surface area contributed by atoms with Crippen LogP contribution < -0.4 is 22.3 Å². The summed E-state index contributed by atoms with van der Waals surface area (Å²) in [5.74, 6) is 0. The van der Waals surface area contributed by atoms with Gasteiger partial charge in [-0.15, -0.1) is 0 Å². The van der Waals surface area contributed by atoms with Gasteiger partial charge in [-0.2, -0.15) is 10.2 Å². The van der Waals surface area contributed by atoms with Gasteiger partial charge in [0.25, 0.3) is 0 Å². The fourth-order valence-electron chi connectivity index (χ4n) is 1.05. The largest absolute Gasteiger partial charge is 0.375 e. The van der Waals surface area contributed by atoms with Gasteiger partial charge in [0.1, 0.15) is 5.71 Å². The van der Waals surface area contributed by atoms with Crippen molar-refractivity contribution >= 4 is 46.6 Å². The molecule has 0 aromatic heterocycles. The minimum atomic E-state index is 0.0686. The average molecular weight is 280 g/mol. The van der Waals surface area contributed by atoms with E-state index >= 15 is 0 Å². The van der Waals surface area contributed by atoms with E-state index in [1.54, 1.807) is 0 Å². The first-order valence-corrected chi connectivity index (χ1v) is 5.68. The lowest BCUT2D eigenvalue weighted by Crippen LogP contribution is -2.27. The summed E-state index contributed by atoms with van der Waals surface area (Å²) in [4.78, 5) is 0. The molecule has 18 heavy (non-hydrogen) atoms. The van der Waals surface area contributed by atoms with E-state index in [1.807, 2.05) is 30.3 Å². The van der Waals surface area contributed by atoms with Crippen molar-refractivity contribution in [2.75, 3.05) is 0 Å². The van der Waals surface area contributed by atoms with Crippen LogP contribution in [-0.2, 0) is 0 Å². The van der Waals surface area contributed by atoms with Crippen LogP contribution in [0.25, 0.3) is 0 Å². The van der Waals surface area contributed by atoms with Crippen molar-refractivity contribution in [3.05, 3.63) is 35.9 Å². The monoisotopic (exact) mass is 280 g/mol. The van der Waals surface area contributed by atoms with Gasteiger partial charge in [0.2, 0.25) is 0 Å². The molecule has 0 atom stereocenters. The van der Waals surface area contributed by atoms with Gasteiger partial charge in [-0.1, -0.05) is 30.3 Å². The number of benzene rings is 1. The molecule has 0 aliphatic carbocycles. The van der Waals surface area contributed by atoms with Crippen molar-refractivity contribution in [3.8, 4) is 0 Å². The molecule has 0 spiro atoms. The van der Waals surface area contributed by atoms with Gasteiger partial charge in [0, 0.05) is 5.56 Å². The van der Waals surface area contributed by atoms with Gasteiger partial charge in [0.05, 0.1) is 6.21 Å². The SMILES string of the molecule is NC(=S)N/N=C(\C=N\NC(N)=S)c1ccccc1. The molecule has 94 valence electrons. The van der Waals surface area contributed by atoms with Crippen molar-refractivity contribution in [2.24, 2.45) is 21.7 Å². The van der Waals surface area contributed by atoms with E-state index in [-0.39, 0.29) is 10.2 Å². The fourth-order valence-corrected chi connectivity index (χ4v) is 1.15. The summed E-state index contributed by atoms with van der Waals surface area (Å²) in [5, 5.41) is 7.99. The standard InChI is InChI=1S/C10H12N6S2/c11-9(17)15-13-6-8(14-16-10(12)18)7-4-2-1-3-5-7/h1-6H,(H3,11,15,17)(H3,12,16,18)/b13-6+,14-8+. The molecular weight excluding hydrogens is 268 g/mol. The second-order valence-electron chi connectivity index (χ2n) is 3.07. The number of nitrogens with one attached hydrogen (secondary N) is 2. The summed E-state index contributed by atoms with van der Waals surface area (Å²) < 4.78 is 0. The highest BCUT2D eigenvalue weighted by Crippen LogP contribution is 1.99. The zero-order valence-corrected chi connectivity index (χ0v) is 11.0. The molecular formula is C10H12N6S2. The highest BCUT2D eigenvalue weighted by Gasteiger charge is 2.00. The first-order chi connectivity index (χ1) is 8.59. The van der Waals surface area contributed by atoms with Gasteiger partial charge in [-0.25, -0.2) is 0 Å². The van der Waals surface area contributed by atoms with Crippen LogP contribution in [0, 0.1) is 0 Å². The fraction of sp³-hybridized carbons (Fsp3) is 0. The lowest BCUT2D eigenvalue weighted by molar-refractivity contribution is 1.03. The van der Waals surface area contributed by atoms with Crippen molar-refractivity contribution in [1.29, 1.82) is 0 Å². The van der Waals surface area contributed by atoms with Gasteiger partial charge in [0.15, 0.2) is 10.2 Å². The van der Waals surface area contributed by atoms with E-state index in [0.717, 1.165) is 5.56 Å². The van der Waals surface area contributed by atoms with Crippen LogP contribution >= 0.6 is 24.4 Å². The molecule has 0 heterocycles. The maximum absolute atomic E-state index is 5.31. The second kappa shape index (κ2) is 7.30. The maximum Gasteiger partial charge on any atom is 0.184 e. The first kappa shape index (κ1) is 14.0. The Morgan fingerprint density at radius 2 is 1.67 bits per heavy atom. The van der Waals surface area contributed by atoms with Crippen molar-refractivity contribution in [2.45, 2.75) is 0 Å². The number of rotatable bonds is 4. The Kier molecular flexibility index (Phi) is 5.68. The van der Waals surface area contributed by atoms with Crippen LogP contribution in [0.3, 0.4) is 0 Å². The molecule has 6 nitrogen and oxygen atoms in total. The minimum Gasteiger partial charge on any atom is -0.375 e. The van der Waals surface area contributed by atoms with Crippen LogP contribution in [0.5, 0.6) is 0 Å². The number of hydrogen-bond acceptors (Lipinski definition) is 4. The number of hydrogen-bond donors (Lipinski definition) is 4. The molecule has 1 aromatic rings. The number of nitrogens with zero attached hydrogens (tertiary/aromatic N) is 2. The molecule has 1 rings (SSSR count). The lowest BCUT2D eigenvalue weighted by atomic mass is 10.1. The lowest BCUT2D eigenvalue weighted by Gasteiger charge is -2.02. The van der Waals surface area contributed by atoms with Crippen molar-refractivity contribution in [3.63, 3.8) is 0 Å². The summed E-state index contributed by atoms with van der Waals surface area (Å²) in [7, 11) is 0. The van der Waals surface area contributed by atoms with E-state index < -0.39 is 0 Å². The second-order valence-corrected chi connectivity index (χ2v) is 3.95. The molecule has 6 N–H and O–H groups in total. The molecule has 0 amide bonds. The highest BCUT2D eigenvalue weighted by molar-refractivity contribution is 7.80. The zero-order chi connectivity index (χ0) is 13.4. The summed E-state index contributed by atoms with van der Waals surface area (Å²) in [6, 6.07) is 9.38. The number of thiocarbonyl (C=S) groups is 2. The molecule has 8 heteroatoms. The third kappa shape index (κ3) is 5.32. The molecule has 0 fully saturated rings. The number of hydrazone groups is 2. The van der Waals surface area contributed by atoms with Crippen LogP contribution in [0.2, 0.25) is 0 Å². The van der Waals surface area contributed by atoms with E-state index in [1.165, 1.54) is 6.21 Å². The normalized spacial score (nSPS) is 11.2. The Bertz CT molecular complexity index is 482. The van der Waals surface area contributed by atoms with E-state index in [4.69, 9.17) is 11.5 Å². The molecule has 1 aromatic carbocycles. The zero-order valence-electron chi connectivity index (χ0n) is 9.33. The molecule has 0 bridgehead atoms. The summed E-state index contributed by atoms with van der Waals surface area (Å²) in [6.07, 6.45) is 1.46. The summed E-state index contributed by atoms with van der Waals surface area (Å²) in [5.41, 5.74) is 16.9. The first-order valence-electron chi connectivity index (χ1n) is 4.86. The summed E-state index contributed by atoms with van der Waals surface area (Å²) in [6.45, 7) is 0. The van der Waals surface area contributed by atoms with Crippen LogP contribution in [0.15, 0.2) is 40.5 Å². The molecule has 0 saturated carbocycles. The van der Waals surface area contributed by atoms with E-state index in [0.29, 0.717) is 5.71 Å². The predicted octanol–water partition coefficient (Wildman–Crippen LogP) is 0.0429. The van der Waals surface area contributed by atoms with Crippen LogP contribution in [-0.4, -0.2) is 22.2 Å². The van der Waals surface area contributed by atoms with Crippen molar-refractivity contribution in [1.82, 2.24) is 10.9 Å². The van der Waals surface area contributed by atoms with Gasteiger partial charge >= 0.3 is 0 Å².